The molecule has 2 rings (SSSR count). The average Bonchev–Trinajstić information content (AvgIpc) is 2.76. The van der Waals surface area contributed by atoms with Crippen molar-refractivity contribution in [2.24, 2.45) is 0 Å². The summed E-state index contributed by atoms with van der Waals surface area (Å²) in [4.78, 5) is 36.2. The second kappa shape index (κ2) is 11.0. The van der Waals surface area contributed by atoms with Crippen LogP contribution in [0.1, 0.15) is 38.8 Å². The van der Waals surface area contributed by atoms with Gasteiger partial charge >= 0.3 is 11.9 Å². The number of hydrogen-bond donors (Lipinski definition) is 1. The highest BCUT2D eigenvalue weighted by atomic mass is 16.5. The van der Waals surface area contributed by atoms with Gasteiger partial charge in [0.05, 0.1) is 32.0 Å². The number of carbonyl (C=O) groups excluding carboxylic acids is 3. The average molecular weight is 415 g/mol. The first kappa shape index (κ1) is 22.9. The lowest BCUT2D eigenvalue weighted by atomic mass is 10.1. The first-order valence-electron chi connectivity index (χ1n) is 9.30. The third kappa shape index (κ3) is 6.05. The number of benzene rings is 2. The van der Waals surface area contributed by atoms with Crippen molar-refractivity contribution in [1.29, 1.82) is 0 Å². The predicted octanol–water partition coefficient (Wildman–Crippen LogP) is 3.12. The van der Waals surface area contributed by atoms with Crippen LogP contribution in [0.2, 0.25) is 0 Å². The molecule has 8 heteroatoms. The van der Waals surface area contributed by atoms with Gasteiger partial charge in [-0.05, 0) is 49.7 Å². The van der Waals surface area contributed by atoms with E-state index < -0.39 is 24.5 Å². The molecule has 0 heterocycles. The monoisotopic (exact) mass is 415 g/mol. The second-order valence-corrected chi connectivity index (χ2v) is 6.31. The summed E-state index contributed by atoms with van der Waals surface area (Å²) >= 11 is 0. The van der Waals surface area contributed by atoms with E-state index in [1.165, 1.54) is 20.3 Å². The highest BCUT2D eigenvalue weighted by molar-refractivity contribution is 5.97. The van der Waals surface area contributed by atoms with Crippen LogP contribution < -0.4 is 10.1 Å². The number of carbonyl (C=O) groups is 3. The maximum Gasteiger partial charge on any atom is 0.338 e. The molecule has 2 aromatic carbocycles. The Kier molecular flexibility index (Phi) is 8.37. The summed E-state index contributed by atoms with van der Waals surface area (Å²) in [5, 5.41) is 2.63. The van der Waals surface area contributed by atoms with Crippen LogP contribution in [0.5, 0.6) is 5.75 Å². The van der Waals surface area contributed by atoms with Crippen molar-refractivity contribution < 1.29 is 33.3 Å². The Labute approximate surface area is 175 Å². The van der Waals surface area contributed by atoms with Crippen molar-refractivity contribution in [2.45, 2.75) is 20.5 Å². The van der Waals surface area contributed by atoms with Crippen molar-refractivity contribution in [3.8, 4) is 5.75 Å². The zero-order valence-corrected chi connectivity index (χ0v) is 17.4. The third-order valence-electron chi connectivity index (χ3n) is 4.24. The van der Waals surface area contributed by atoms with Crippen LogP contribution in [0, 0.1) is 6.92 Å². The Bertz CT molecular complexity index is 924. The van der Waals surface area contributed by atoms with Crippen molar-refractivity contribution in [2.75, 3.05) is 32.8 Å². The Morgan fingerprint density at radius 2 is 1.67 bits per heavy atom. The molecule has 0 aromatic heterocycles. The van der Waals surface area contributed by atoms with Crippen molar-refractivity contribution >= 4 is 23.5 Å². The lowest BCUT2D eigenvalue weighted by Crippen LogP contribution is -2.21. The largest absolute Gasteiger partial charge is 0.496 e. The number of amides is 1. The van der Waals surface area contributed by atoms with Crippen LogP contribution in [-0.2, 0) is 25.6 Å². The zero-order valence-electron chi connectivity index (χ0n) is 17.4. The number of ether oxygens (including phenoxy) is 4. The van der Waals surface area contributed by atoms with E-state index in [1.807, 2.05) is 6.92 Å². The molecule has 0 radical (unpaired) electrons. The summed E-state index contributed by atoms with van der Waals surface area (Å²) in [5.74, 6) is -1.10. The number of rotatable bonds is 9. The predicted molar refractivity (Wildman–Crippen MR) is 110 cm³/mol. The van der Waals surface area contributed by atoms with E-state index in [2.05, 4.69) is 10.1 Å². The lowest BCUT2D eigenvalue weighted by Gasteiger charge is -2.12. The molecule has 8 nitrogen and oxygen atoms in total. The maximum absolute atomic E-state index is 12.3. The van der Waals surface area contributed by atoms with Crippen LogP contribution in [-0.4, -0.2) is 45.3 Å². The Hall–Kier alpha value is -3.39. The van der Waals surface area contributed by atoms with Crippen LogP contribution >= 0.6 is 0 Å². The minimum Gasteiger partial charge on any atom is -0.496 e. The van der Waals surface area contributed by atoms with Crippen LogP contribution in [0.4, 0.5) is 5.69 Å². The number of anilines is 1. The fourth-order valence-corrected chi connectivity index (χ4v) is 2.63. The Balaban J connectivity index is 2.01. The van der Waals surface area contributed by atoms with E-state index in [0.717, 1.165) is 5.56 Å². The summed E-state index contributed by atoms with van der Waals surface area (Å²) in [5.41, 5.74) is 2.46. The molecule has 1 amide bonds. The molecule has 0 aliphatic rings. The Morgan fingerprint density at radius 1 is 0.967 bits per heavy atom. The molecule has 0 spiro atoms. The molecule has 160 valence electrons. The van der Waals surface area contributed by atoms with Gasteiger partial charge in [-0.3, -0.25) is 4.79 Å². The molecule has 0 bridgehead atoms. The molecule has 0 aliphatic heterocycles. The first-order valence-corrected chi connectivity index (χ1v) is 9.30. The van der Waals surface area contributed by atoms with E-state index in [1.54, 1.807) is 37.3 Å². The van der Waals surface area contributed by atoms with Gasteiger partial charge < -0.3 is 24.3 Å². The highest BCUT2D eigenvalue weighted by Gasteiger charge is 2.15. The van der Waals surface area contributed by atoms with Gasteiger partial charge in [0.2, 0.25) is 0 Å². The second-order valence-electron chi connectivity index (χ2n) is 6.31. The zero-order chi connectivity index (χ0) is 22.1. The normalized spacial score (nSPS) is 10.3. The van der Waals surface area contributed by atoms with Gasteiger partial charge in [0.15, 0.2) is 6.61 Å². The summed E-state index contributed by atoms with van der Waals surface area (Å²) < 4.78 is 20.4. The molecule has 0 aliphatic carbocycles. The van der Waals surface area contributed by atoms with E-state index in [-0.39, 0.29) is 12.2 Å². The SMILES string of the molecule is CCOCc1cc(C(=O)OCC(=O)Nc2cc(C(=O)OC)ccc2C)ccc1OC. The minimum atomic E-state index is -0.648. The lowest BCUT2D eigenvalue weighted by molar-refractivity contribution is -0.119. The molecular weight excluding hydrogens is 390 g/mol. The summed E-state index contributed by atoms with van der Waals surface area (Å²) in [6.07, 6.45) is 0. The quantitative estimate of drug-likeness (QED) is 0.628. The van der Waals surface area contributed by atoms with Gasteiger partial charge in [0, 0.05) is 17.9 Å². The number of nitrogens with one attached hydrogen (secondary N) is 1. The molecule has 2 aromatic rings. The van der Waals surface area contributed by atoms with Crippen molar-refractivity contribution in [3.63, 3.8) is 0 Å². The van der Waals surface area contributed by atoms with Gasteiger partial charge in [0.25, 0.3) is 5.91 Å². The van der Waals surface area contributed by atoms with E-state index in [9.17, 15) is 14.4 Å². The molecule has 0 atom stereocenters. The first-order chi connectivity index (χ1) is 14.4. The van der Waals surface area contributed by atoms with Crippen LogP contribution in [0.3, 0.4) is 0 Å². The highest BCUT2D eigenvalue weighted by Crippen LogP contribution is 2.21. The van der Waals surface area contributed by atoms with Gasteiger partial charge in [-0.1, -0.05) is 6.07 Å². The van der Waals surface area contributed by atoms with Crippen molar-refractivity contribution in [3.05, 3.63) is 58.7 Å². The molecule has 30 heavy (non-hydrogen) atoms. The number of hydrogen-bond acceptors (Lipinski definition) is 7. The topological polar surface area (TPSA) is 100 Å². The van der Waals surface area contributed by atoms with Crippen LogP contribution in [0.25, 0.3) is 0 Å². The minimum absolute atomic E-state index is 0.280. The fraction of sp³-hybridized carbons (Fsp3) is 0.318. The van der Waals surface area contributed by atoms with Gasteiger partial charge in [-0.2, -0.15) is 0 Å². The third-order valence-corrected chi connectivity index (χ3v) is 4.24. The summed E-state index contributed by atoms with van der Waals surface area (Å²) in [6, 6.07) is 9.60. The van der Waals surface area contributed by atoms with Crippen molar-refractivity contribution in [1.82, 2.24) is 0 Å². The standard InChI is InChI=1S/C22H25NO7/c1-5-29-12-17-10-15(8-9-19(17)27-3)22(26)30-13-20(24)23-18-11-16(21(25)28-4)7-6-14(18)2/h6-11H,5,12-13H2,1-4H3,(H,23,24). The van der Waals surface area contributed by atoms with E-state index >= 15 is 0 Å². The van der Waals surface area contributed by atoms with Gasteiger partial charge in [-0.15, -0.1) is 0 Å². The molecule has 1 N–H and O–H groups in total. The van der Waals surface area contributed by atoms with E-state index in [0.29, 0.717) is 29.2 Å². The summed E-state index contributed by atoms with van der Waals surface area (Å²) in [6.45, 7) is 3.98. The maximum atomic E-state index is 12.3. The smallest absolute Gasteiger partial charge is 0.338 e. The number of esters is 2. The molecule has 0 saturated carbocycles. The number of aryl methyl sites for hydroxylation is 1. The molecule has 0 fully saturated rings. The van der Waals surface area contributed by atoms with E-state index in [4.69, 9.17) is 14.2 Å². The fourth-order valence-electron chi connectivity index (χ4n) is 2.63. The van der Waals surface area contributed by atoms with Gasteiger partial charge in [0.1, 0.15) is 5.75 Å². The Morgan fingerprint density at radius 3 is 2.33 bits per heavy atom. The van der Waals surface area contributed by atoms with Gasteiger partial charge in [-0.25, -0.2) is 9.59 Å². The molecule has 0 saturated heterocycles. The summed E-state index contributed by atoms with van der Waals surface area (Å²) in [7, 11) is 2.81. The molecular formula is C22H25NO7. The van der Waals surface area contributed by atoms with Crippen LogP contribution in [0.15, 0.2) is 36.4 Å². The number of methoxy groups -OCH3 is 2. The molecule has 0 unspecified atom stereocenters.